The van der Waals surface area contributed by atoms with Gasteiger partial charge in [0, 0.05) is 0 Å². The Morgan fingerprint density at radius 2 is 1.14 bits per heavy atom. The summed E-state index contributed by atoms with van der Waals surface area (Å²) >= 11 is 0. The molecule has 0 aliphatic rings. The van der Waals surface area contributed by atoms with E-state index < -0.39 is 39.4 Å². The molecular weight excluding hydrogens is 435 g/mol. The summed E-state index contributed by atoms with van der Waals surface area (Å²) in [6, 6.07) is 14.6. The molecule has 0 unspecified atom stereocenters. The van der Waals surface area contributed by atoms with Crippen molar-refractivity contribution in [1.82, 2.24) is 0 Å². The van der Waals surface area contributed by atoms with Crippen LogP contribution in [0.2, 0.25) is 0 Å². The molecule has 2 rings (SSSR count). The number of hydrogen-bond acceptors (Lipinski definition) is 3. The second kappa shape index (κ2) is 9.13. The highest BCUT2D eigenvalue weighted by molar-refractivity contribution is 7.42. The lowest BCUT2D eigenvalue weighted by Crippen LogP contribution is -2.59. The van der Waals surface area contributed by atoms with Gasteiger partial charge in [0.2, 0.25) is 0 Å². The average Bonchev–Trinajstić information content (AvgIpc) is 2.67. The smallest absolute Gasteiger partial charge is 0.418 e. The Morgan fingerprint density at radius 3 is 1.52 bits per heavy atom. The summed E-state index contributed by atoms with van der Waals surface area (Å²) in [4.78, 5) is 0. The molecule has 0 N–H and O–H groups in total. The van der Waals surface area contributed by atoms with Gasteiger partial charge in [-0.1, -0.05) is 36.4 Å². The van der Waals surface area contributed by atoms with Crippen LogP contribution >= 0.6 is 8.60 Å². The Bertz CT molecular complexity index is 720. The monoisotopic (exact) mass is 448 g/mol. The van der Waals surface area contributed by atoms with E-state index in [1.165, 1.54) is 48.5 Å². The van der Waals surface area contributed by atoms with E-state index in [9.17, 15) is 35.1 Å². The van der Waals surface area contributed by atoms with Crippen LogP contribution in [0.3, 0.4) is 0 Å². The Balaban J connectivity index is 2.17. The molecule has 0 saturated heterocycles. The molecule has 0 aliphatic heterocycles. The molecule has 0 saturated carbocycles. The van der Waals surface area contributed by atoms with Crippen molar-refractivity contribution in [2.24, 2.45) is 0 Å². The first kappa shape index (κ1) is 23.2. The molecule has 0 bridgehead atoms. The molecule has 160 valence electrons. The highest BCUT2D eigenvalue weighted by Crippen LogP contribution is 2.50. The average molecular weight is 448 g/mol. The number of benzene rings is 2. The van der Waals surface area contributed by atoms with E-state index in [1.807, 2.05) is 0 Å². The number of halogens is 8. The van der Waals surface area contributed by atoms with Crippen molar-refractivity contribution in [3.05, 3.63) is 60.7 Å². The molecule has 2 aromatic carbocycles. The minimum atomic E-state index is -6.38. The van der Waals surface area contributed by atoms with Crippen molar-refractivity contribution < 1.29 is 48.7 Å². The maximum Gasteiger partial charge on any atom is 0.463 e. The Morgan fingerprint density at radius 1 is 0.724 bits per heavy atom. The normalized spacial score (nSPS) is 13.0. The summed E-state index contributed by atoms with van der Waals surface area (Å²) in [6.45, 7) is -2.35. The van der Waals surface area contributed by atoms with Crippen LogP contribution in [-0.2, 0) is 4.52 Å². The number of rotatable bonds is 10. The zero-order valence-electron chi connectivity index (χ0n) is 14.3. The highest BCUT2D eigenvalue weighted by Gasteiger charge is 2.75. The van der Waals surface area contributed by atoms with Gasteiger partial charge in [-0.15, -0.1) is 0 Å². The summed E-state index contributed by atoms with van der Waals surface area (Å²) in [5.74, 6) is -18.2. The maximum atomic E-state index is 13.7. The summed E-state index contributed by atoms with van der Waals surface area (Å²) in [5.41, 5.74) is 0. The van der Waals surface area contributed by atoms with Crippen LogP contribution in [-0.4, -0.2) is 30.8 Å². The molecular formula is C17H13F8O3P. The predicted molar refractivity (Wildman–Crippen MR) is 87.9 cm³/mol. The van der Waals surface area contributed by atoms with Gasteiger partial charge in [0.15, 0.2) is 0 Å². The zero-order chi connectivity index (χ0) is 21.7. The van der Waals surface area contributed by atoms with E-state index in [0.29, 0.717) is 0 Å². The summed E-state index contributed by atoms with van der Waals surface area (Å²) in [7, 11) is -2.82. The zero-order valence-corrected chi connectivity index (χ0v) is 15.1. The van der Waals surface area contributed by atoms with E-state index >= 15 is 0 Å². The molecule has 0 heterocycles. The largest absolute Gasteiger partial charge is 0.463 e. The van der Waals surface area contributed by atoms with Crippen molar-refractivity contribution in [3.8, 4) is 11.5 Å². The summed E-state index contributed by atoms with van der Waals surface area (Å²) in [5, 5.41) is 0. The van der Waals surface area contributed by atoms with Crippen LogP contribution in [0.15, 0.2) is 60.7 Å². The van der Waals surface area contributed by atoms with Gasteiger partial charge >= 0.3 is 32.8 Å². The van der Waals surface area contributed by atoms with Crippen molar-refractivity contribution >= 4 is 8.60 Å². The molecule has 3 nitrogen and oxygen atoms in total. The Labute approximate surface area is 161 Å². The fraction of sp³-hybridized carbons (Fsp3) is 0.294. The van der Waals surface area contributed by atoms with E-state index in [4.69, 9.17) is 9.05 Å². The number of para-hydroxylation sites is 2. The fourth-order valence-electron chi connectivity index (χ4n) is 1.81. The standard InChI is InChI=1S/C17H13F8O3P/c18-14(19)16(22,23)17(24,25)15(20,21)11-26-29(27-12-7-3-1-4-8-12)28-13-9-5-2-6-10-13/h1-10,14H,11H2. The first-order chi connectivity index (χ1) is 13.5. The third-order valence-corrected chi connectivity index (χ3v) is 4.41. The molecule has 2 aromatic rings. The summed E-state index contributed by atoms with van der Waals surface area (Å²) < 4.78 is 119. The molecule has 0 radical (unpaired) electrons. The van der Waals surface area contributed by atoms with Crippen LogP contribution in [0, 0.1) is 0 Å². The second-order valence-electron chi connectivity index (χ2n) is 5.51. The Hall–Kier alpha value is -2.13. The van der Waals surface area contributed by atoms with Crippen molar-refractivity contribution in [2.45, 2.75) is 24.2 Å². The highest BCUT2D eigenvalue weighted by atomic mass is 31.2. The second-order valence-corrected chi connectivity index (χ2v) is 6.58. The third kappa shape index (κ3) is 5.48. The lowest BCUT2D eigenvalue weighted by molar-refractivity contribution is -0.342. The summed E-state index contributed by atoms with van der Waals surface area (Å²) in [6.07, 6.45) is -5.01. The first-order valence-electron chi connectivity index (χ1n) is 7.78. The van der Waals surface area contributed by atoms with Crippen molar-refractivity contribution in [3.63, 3.8) is 0 Å². The fourth-order valence-corrected chi connectivity index (χ4v) is 2.81. The van der Waals surface area contributed by atoms with Crippen LogP contribution in [0.5, 0.6) is 11.5 Å². The minimum absolute atomic E-state index is 0.0440. The SMILES string of the molecule is FC(F)C(F)(F)C(F)(F)C(F)(F)COP(Oc1ccccc1)Oc1ccccc1. The van der Waals surface area contributed by atoms with Gasteiger partial charge in [0.25, 0.3) is 0 Å². The van der Waals surface area contributed by atoms with Crippen LogP contribution in [0.4, 0.5) is 35.1 Å². The van der Waals surface area contributed by atoms with Crippen LogP contribution in [0.1, 0.15) is 0 Å². The lowest BCUT2D eigenvalue weighted by Gasteiger charge is -2.32. The lowest BCUT2D eigenvalue weighted by atomic mass is 10.1. The molecule has 29 heavy (non-hydrogen) atoms. The molecule has 0 aliphatic carbocycles. The number of hydrogen-bond donors (Lipinski definition) is 0. The maximum absolute atomic E-state index is 13.7. The molecule has 0 fully saturated rings. The van der Waals surface area contributed by atoms with E-state index in [0.717, 1.165) is 0 Å². The van der Waals surface area contributed by atoms with Crippen molar-refractivity contribution in [2.75, 3.05) is 6.61 Å². The predicted octanol–water partition coefficient (Wildman–Crippen LogP) is 6.56. The molecule has 12 heteroatoms. The van der Waals surface area contributed by atoms with Gasteiger partial charge in [-0.25, -0.2) is 8.78 Å². The molecule has 0 spiro atoms. The topological polar surface area (TPSA) is 27.7 Å². The number of alkyl halides is 8. The molecule has 0 amide bonds. The third-order valence-electron chi connectivity index (χ3n) is 3.35. The quantitative estimate of drug-likeness (QED) is 0.305. The van der Waals surface area contributed by atoms with Gasteiger partial charge in [-0.05, 0) is 24.3 Å². The van der Waals surface area contributed by atoms with Gasteiger partial charge in [0.1, 0.15) is 18.1 Å². The minimum Gasteiger partial charge on any atom is -0.418 e. The van der Waals surface area contributed by atoms with Gasteiger partial charge in [0.05, 0.1) is 0 Å². The molecule has 0 atom stereocenters. The van der Waals surface area contributed by atoms with E-state index in [2.05, 4.69) is 4.52 Å². The van der Waals surface area contributed by atoms with E-state index in [1.54, 1.807) is 12.1 Å². The van der Waals surface area contributed by atoms with E-state index in [-0.39, 0.29) is 11.5 Å². The van der Waals surface area contributed by atoms with Gasteiger partial charge in [-0.3, -0.25) is 4.52 Å². The first-order valence-corrected chi connectivity index (χ1v) is 8.87. The van der Waals surface area contributed by atoms with Crippen molar-refractivity contribution in [1.29, 1.82) is 0 Å². The van der Waals surface area contributed by atoms with Crippen LogP contribution in [0.25, 0.3) is 0 Å². The van der Waals surface area contributed by atoms with Crippen LogP contribution < -0.4 is 9.05 Å². The van der Waals surface area contributed by atoms with Gasteiger partial charge < -0.3 is 9.05 Å². The Kier molecular flexibility index (Phi) is 7.29. The molecule has 0 aromatic heterocycles. The van der Waals surface area contributed by atoms with Gasteiger partial charge in [-0.2, -0.15) is 26.3 Å².